The topological polar surface area (TPSA) is 69.9 Å². The number of benzene rings is 9. The summed E-state index contributed by atoms with van der Waals surface area (Å²) in [5.74, 6) is 1.58. The molecule has 0 N–H and O–H groups in total. The third kappa shape index (κ3) is 5.62. The number of aromatic nitrogens is 4. The van der Waals surface area contributed by atoms with Crippen LogP contribution in [0.25, 0.3) is 128 Å². The lowest BCUT2D eigenvalue weighted by Crippen LogP contribution is -2.00. The molecule has 0 aliphatic carbocycles. The van der Waals surface area contributed by atoms with Crippen LogP contribution in [0.4, 0.5) is 0 Å². The van der Waals surface area contributed by atoms with Gasteiger partial charge in [-0.15, -0.1) is 0 Å². The van der Waals surface area contributed by atoms with Crippen LogP contribution in [0.2, 0.25) is 0 Å². The molecular formula is C57H34N4O2. The molecule has 0 aliphatic rings. The van der Waals surface area contributed by atoms with Crippen LogP contribution in [-0.4, -0.2) is 19.5 Å². The first-order valence-corrected chi connectivity index (χ1v) is 21.1. The SMILES string of the molecule is c1ccc(-c2cccc(-c3nc(-c4cccc5c4oc4ccccc45)nc(-c4cccc5c4oc4ccc(-c6cccc7c8ccccc8n(-c8ccccc8)c67)cc45)n3)c2)cc1. The minimum Gasteiger partial charge on any atom is -0.455 e. The van der Waals surface area contributed by atoms with Crippen molar-refractivity contribution in [3.05, 3.63) is 206 Å². The van der Waals surface area contributed by atoms with E-state index in [1.165, 1.54) is 21.8 Å². The van der Waals surface area contributed by atoms with Crippen molar-refractivity contribution < 1.29 is 8.83 Å². The molecule has 63 heavy (non-hydrogen) atoms. The van der Waals surface area contributed by atoms with Crippen molar-refractivity contribution in [1.29, 1.82) is 0 Å². The number of rotatable bonds is 6. The number of fused-ring (bicyclic) bond motifs is 9. The summed E-state index contributed by atoms with van der Waals surface area (Å²) in [6, 6.07) is 71.6. The van der Waals surface area contributed by atoms with E-state index in [0.29, 0.717) is 23.1 Å². The highest BCUT2D eigenvalue weighted by atomic mass is 16.3. The van der Waals surface area contributed by atoms with Gasteiger partial charge in [0.2, 0.25) is 0 Å². The maximum Gasteiger partial charge on any atom is 0.167 e. The van der Waals surface area contributed by atoms with Gasteiger partial charge in [0.15, 0.2) is 17.5 Å². The quantitative estimate of drug-likeness (QED) is 0.167. The molecule has 0 radical (unpaired) electrons. The molecule has 0 saturated heterocycles. The molecule has 0 atom stereocenters. The molecule has 0 aliphatic heterocycles. The zero-order chi connectivity index (χ0) is 41.4. The van der Waals surface area contributed by atoms with Crippen molar-refractivity contribution >= 4 is 65.7 Å². The van der Waals surface area contributed by atoms with Crippen molar-refractivity contribution in [3.63, 3.8) is 0 Å². The van der Waals surface area contributed by atoms with E-state index in [4.69, 9.17) is 23.8 Å². The molecule has 6 heteroatoms. The number of hydrogen-bond acceptors (Lipinski definition) is 5. The van der Waals surface area contributed by atoms with Gasteiger partial charge in [-0.2, -0.15) is 0 Å². The number of nitrogens with zero attached hydrogens (tertiary/aromatic N) is 4. The number of para-hydroxylation sites is 6. The van der Waals surface area contributed by atoms with Crippen LogP contribution in [0.3, 0.4) is 0 Å². The first-order valence-electron chi connectivity index (χ1n) is 21.1. The van der Waals surface area contributed by atoms with Crippen LogP contribution in [0, 0.1) is 0 Å². The first-order chi connectivity index (χ1) is 31.2. The van der Waals surface area contributed by atoms with Gasteiger partial charge in [-0.25, -0.2) is 15.0 Å². The van der Waals surface area contributed by atoms with Crippen LogP contribution in [-0.2, 0) is 0 Å². The molecule has 9 aromatic carbocycles. The van der Waals surface area contributed by atoms with Gasteiger partial charge in [0.1, 0.15) is 22.3 Å². The van der Waals surface area contributed by atoms with Crippen LogP contribution in [0.15, 0.2) is 215 Å². The fourth-order valence-electron chi connectivity index (χ4n) is 9.38. The Balaban J connectivity index is 1.01. The van der Waals surface area contributed by atoms with Crippen molar-refractivity contribution in [3.8, 4) is 62.1 Å². The van der Waals surface area contributed by atoms with E-state index in [0.717, 1.165) is 82.9 Å². The smallest absolute Gasteiger partial charge is 0.167 e. The Morgan fingerprint density at radius 3 is 1.62 bits per heavy atom. The Labute approximate surface area is 361 Å². The Hall–Kier alpha value is -8.61. The predicted molar refractivity (Wildman–Crippen MR) is 256 cm³/mol. The van der Waals surface area contributed by atoms with Gasteiger partial charge in [-0.1, -0.05) is 152 Å². The summed E-state index contributed by atoms with van der Waals surface area (Å²) in [6.45, 7) is 0. The lowest BCUT2D eigenvalue weighted by Gasteiger charge is -2.11. The summed E-state index contributed by atoms with van der Waals surface area (Å²) in [6.07, 6.45) is 0. The second-order valence-electron chi connectivity index (χ2n) is 15.9. The second-order valence-corrected chi connectivity index (χ2v) is 15.9. The average Bonchev–Trinajstić information content (AvgIpc) is 4.04. The average molecular weight is 807 g/mol. The molecule has 0 bridgehead atoms. The van der Waals surface area contributed by atoms with Crippen molar-refractivity contribution in [1.82, 2.24) is 19.5 Å². The van der Waals surface area contributed by atoms with Gasteiger partial charge in [0.05, 0.1) is 22.2 Å². The van der Waals surface area contributed by atoms with E-state index in [1.807, 2.05) is 42.5 Å². The van der Waals surface area contributed by atoms with E-state index in [9.17, 15) is 0 Å². The zero-order valence-corrected chi connectivity index (χ0v) is 33.7. The lowest BCUT2D eigenvalue weighted by atomic mass is 9.99. The molecule has 0 amide bonds. The van der Waals surface area contributed by atoms with Gasteiger partial charge < -0.3 is 13.4 Å². The van der Waals surface area contributed by atoms with Crippen LogP contribution < -0.4 is 0 Å². The fraction of sp³-hybridized carbons (Fsp3) is 0. The van der Waals surface area contributed by atoms with Gasteiger partial charge in [0.25, 0.3) is 0 Å². The number of furan rings is 2. The first kappa shape index (κ1) is 35.2. The minimum absolute atomic E-state index is 0.509. The summed E-state index contributed by atoms with van der Waals surface area (Å²) < 4.78 is 15.7. The molecule has 0 saturated carbocycles. The Bertz CT molecular complexity index is 3920. The van der Waals surface area contributed by atoms with Gasteiger partial charge >= 0.3 is 0 Å². The predicted octanol–water partition coefficient (Wildman–Crippen LogP) is 15.1. The summed E-state index contributed by atoms with van der Waals surface area (Å²) in [7, 11) is 0. The number of hydrogen-bond donors (Lipinski definition) is 0. The molecule has 0 fully saturated rings. The zero-order valence-electron chi connectivity index (χ0n) is 33.7. The second kappa shape index (κ2) is 14.0. The lowest BCUT2D eigenvalue weighted by molar-refractivity contribution is 0.669. The van der Waals surface area contributed by atoms with Gasteiger partial charge in [-0.3, -0.25) is 0 Å². The molecule has 0 unspecified atom stereocenters. The van der Waals surface area contributed by atoms with E-state index in [1.54, 1.807) is 0 Å². The largest absolute Gasteiger partial charge is 0.455 e. The van der Waals surface area contributed by atoms with Crippen LogP contribution >= 0.6 is 0 Å². The highest BCUT2D eigenvalue weighted by molar-refractivity contribution is 6.16. The van der Waals surface area contributed by atoms with E-state index in [2.05, 4.69) is 168 Å². The standard InChI is InChI=1S/C57H34N4O2/c1-3-15-35(16-4-1)36-17-11-18-38(33-36)55-58-56(46-27-13-25-44-42-22-8-10-30-50(42)62-53(44)46)60-57(59-55)47-28-14-26-45-48-34-37(31-32-51(48)63-54(45)47)40-23-12-24-43-41-21-7-9-29-49(41)61(52(40)43)39-19-5-2-6-20-39/h1-34H. The molecule has 13 rings (SSSR count). The fourth-order valence-corrected chi connectivity index (χ4v) is 9.38. The Morgan fingerprint density at radius 1 is 0.317 bits per heavy atom. The Kier molecular flexibility index (Phi) is 7.80. The highest BCUT2D eigenvalue weighted by Crippen LogP contribution is 2.42. The van der Waals surface area contributed by atoms with E-state index < -0.39 is 0 Å². The van der Waals surface area contributed by atoms with E-state index >= 15 is 0 Å². The molecule has 294 valence electrons. The van der Waals surface area contributed by atoms with Crippen molar-refractivity contribution in [2.45, 2.75) is 0 Å². The maximum absolute atomic E-state index is 6.81. The molecule has 6 nitrogen and oxygen atoms in total. The minimum atomic E-state index is 0.509. The molecule has 4 aromatic heterocycles. The van der Waals surface area contributed by atoms with Gasteiger partial charge in [0, 0.05) is 49.1 Å². The third-order valence-electron chi connectivity index (χ3n) is 12.3. The summed E-state index contributed by atoms with van der Waals surface area (Å²) in [5, 5.41) is 6.48. The maximum atomic E-state index is 6.81. The van der Waals surface area contributed by atoms with Crippen molar-refractivity contribution in [2.75, 3.05) is 0 Å². The highest BCUT2D eigenvalue weighted by Gasteiger charge is 2.22. The van der Waals surface area contributed by atoms with E-state index in [-0.39, 0.29) is 0 Å². The Morgan fingerprint density at radius 2 is 0.857 bits per heavy atom. The summed E-state index contributed by atoms with van der Waals surface area (Å²) in [5.41, 5.74) is 13.4. The monoisotopic (exact) mass is 806 g/mol. The molecule has 0 spiro atoms. The third-order valence-corrected chi connectivity index (χ3v) is 12.3. The van der Waals surface area contributed by atoms with Crippen LogP contribution in [0.1, 0.15) is 0 Å². The van der Waals surface area contributed by atoms with Crippen LogP contribution in [0.5, 0.6) is 0 Å². The van der Waals surface area contributed by atoms with Gasteiger partial charge in [-0.05, 0) is 71.3 Å². The van der Waals surface area contributed by atoms with Crippen molar-refractivity contribution in [2.24, 2.45) is 0 Å². The molecular weight excluding hydrogens is 773 g/mol. The normalized spacial score (nSPS) is 11.8. The molecule has 4 heterocycles. The summed E-state index contributed by atoms with van der Waals surface area (Å²) >= 11 is 0. The summed E-state index contributed by atoms with van der Waals surface area (Å²) in [4.78, 5) is 15.6. The molecule has 13 aromatic rings.